The van der Waals surface area contributed by atoms with Crippen LogP contribution in [0.2, 0.25) is 0 Å². The molecule has 0 N–H and O–H groups in total. The smallest absolute Gasteiger partial charge is 0.273 e. The maximum absolute atomic E-state index is 12.1. The van der Waals surface area contributed by atoms with E-state index >= 15 is 0 Å². The highest BCUT2D eigenvalue weighted by molar-refractivity contribution is 7.10. The number of hydrogen-bond acceptors (Lipinski definition) is 5. The number of rotatable bonds is 1. The van der Waals surface area contributed by atoms with E-state index in [-0.39, 0.29) is 17.0 Å². The molecule has 1 amide bonds. The molecule has 2 aliphatic rings. The Bertz CT molecular complexity index is 500. The lowest BCUT2D eigenvalue weighted by Crippen LogP contribution is -2.56. The number of likely N-dealkylation sites (tertiary alicyclic amines) is 1. The Balaban J connectivity index is 1.72. The van der Waals surface area contributed by atoms with Crippen LogP contribution in [0, 0.1) is 0 Å². The molecule has 0 radical (unpaired) electrons. The van der Waals surface area contributed by atoms with Crippen LogP contribution in [0.5, 0.6) is 0 Å². The monoisotopic (exact) mass is 250 g/mol. The van der Waals surface area contributed by atoms with Gasteiger partial charge in [-0.25, -0.2) is 4.98 Å². The van der Waals surface area contributed by atoms with E-state index in [2.05, 4.69) is 36.0 Å². The van der Waals surface area contributed by atoms with Crippen LogP contribution in [0.4, 0.5) is 0 Å². The fraction of sp³-hybridized carbons (Fsp3) is 0.636. The Hall–Kier alpha value is -1.30. The summed E-state index contributed by atoms with van der Waals surface area (Å²) in [5.41, 5.74) is 0.328. The summed E-state index contributed by atoms with van der Waals surface area (Å²) in [4.78, 5) is 18.2. The molecule has 17 heavy (non-hydrogen) atoms. The summed E-state index contributed by atoms with van der Waals surface area (Å²) in [6.45, 7) is 7.53. The van der Waals surface area contributed by atoms with E-state index < -0.39 is 0 Å². The second-order valence-electron chi connectivity index (χ2n) is 5.63. The molecule has 6 heteroatoms. The van der Waals surface area contributed by atoms with Gasteiger partial charge in [-0.3, -0.25) is 4.79 Å². The van der Waals surface area contributed by atoms with Crippen LogP contribution in [0.3, 0.4) is 0 Å². The number of aromatic nitrogens is 1. The Morgan fingerprint density at radius 1 is 1.41 bits per heavy atom. The van der Waals surface area contributed by atoms with E-state index in [1.54, 1.807) is 16.2 Å². The molecule has 0 saturated carbocycles. The van der Waals surface area contributed by atoms with Gasteiger partial charge in [-0.15, -0.1) is 11.3 Å². The summed E-state index contributed by atoms with van der Waals surface area (Å²) in [5, 5.41) is 10.7. The Labute approximate surface area is 104 Å². The minimum atomic E-state index is -0.224. The van der Waals surface area contributed by atoms with Gasteiger partial charge in [-0.05, 0) is 0 Å². The molecule has 0 unspecified atom stereocenters. The molecule has 90 valence electrons. The average molecular weight is 250 g/mol. The molecule has 0 bridgehead atoms. The first-order valence-electron chi connectivity index (χ1n) is 5.59. The normalized spacial score (nSPS) is 20.5. The first kappa shape index (κ1) is 10.8. The minimum absolute atomic E-state index is 0.000301. The molecule has 3 rings (SSSR count). The highest BCUT2D eigenvalue weighted by Gasteiger charge is 2.53. The van der Waals surface area contributed by atoms with E-state index in [1.165, 1.54) is 0 Å². The lowest BCUT2D eigenvalue weighted by molar-refractivity contribution is 0.0546. The predicted octanol–water partition coefficient (Wildman–Crippen LogP) is 2.06. The molecule has 3 heterocycles. The van der Waals surface area contributed by atoms with Crippen molar-refractivity contribution < 1.29 is 4.79 Å². The molecule has 1 aromatic heterocycles. The summed E-state index contributed by atoms with van der Waals surface area (Å²) < 4.78 is 0. The fourth-order valence-corrected chi connectivity index (χ4v) is 2.67. The third-order valence-electron chi connectivity index (χ3n) is 2.92. The number of nitrogens with zero attached hydrogens (tertiary/aromatic N) is 4. The summed E-state index contributed by atoms with van der Waals surface area (Å²) in [5.74, 6) is -0.000301. The van der Waals surface area contributed by atoms with Gasteiger partial charge in [0, 0.05) is 10.8 Å². The maximum Gasteiger partial charge on any atom is 0.273 e. The maximum atomic E-state index is 12.1. The van der Waals surface area contributed by atoms with Gasteiger partial charge in [0.25, 0.3) is 5.91 Å². The molecule has 1 fully saturated rings. The summed E-state index contributed by atoms with van der Waals surface area (Å²) in [7, 11) is 0. The van der Waals surface area contributed by atoms with Crippen LogP contribution < -0.4 is 0 Å². The van der Waals surface area contributed by atoms with Crippen LogP contribution in [-0.4, -0.2) is 34.5 Å². The van der Waals surface area contributed by atoms with Crippen molar-refractivity contribution in [3.05, 3.63) is 16.1 Å². The van der Waals surface area contributed by atoms with Crippen molar-refractivity contribution in [2.24, 2.45) is 10.2 Å². The van der Waals surface area contributed by atoms with Crippen molar-refractivity contribution >= 4 is 17.2 Å². The SMILES string of the molecule is CC(C)(C)c1nc(C(=O)N2CC3(C2)N=N3)cs1. The zero-order valence-corrected chi connectivity index (χ0v) is 10.9. The number of amides is 1. The summed E-state index contributed by atoms with van der Waals surface area (Å²) >= 11 is 1.55. The van der Waals surface area contributed by atoms with Gasteiger partial charge in [0.15, 0.2) is 0 Å². The zero-order chi connectivity index (χ0) is 12.3. The Kier molecular flexibility index (Phi) is 1.99. The van der Waals surface area contributed by atoms with E-state index in [0.29, 0.717) is 18.8 Å². The quantitative estimate of drug-likeness (QED) is 0.766. The molecule has 5 nitrogen and oxygen atoms in total. The highest BCUT2D eigenvalue weighted by Crippen LogP contribution is 2.38. The van der Waals surface area contributed by atoms with Crippen LogP contribution in [-0.2, 0) is 5.41 Å². The van der Waals surface area contributed by atoms with Gasteiger partial charge in [-0.1, -0.05) is 20.8 Å². The third kappa shape index (κ3) is 1.76. The molecule has 1 spiro atoms. The van der Waals surface area contributed by atoms with Crippen molar-refractivity contribution in [2.75, 3.05) is 13.1 Å². The highest BCUT2D eigenvalue weighted by atomic mass is 32.1. The van der Waals surface area contributed by atoms with Crippen molar-refractivity contribution in [1.82, 2.24) is 9.88 Å². The standard InChI is InChI=1S/C11H14N4OS/c1-10(2,3)9-12-7(4-17-9)8(16)15-5-11(6-15)13-14-11/h4H,5-6H2,1-3H3. The van der Waals surface area contributed by atoms with E-state index in [9.17, 15) is 4.79 Å². The van der Waals surface area contributed by atoms with Crippen LogP contribution in [0.1, 0.15) is 36.3 Å². The summed E-state index contributed by atoms with van der Waals surface area (Å²) in [6, 6.07) is 0. The molecular weight excluding hydrogens is 236 g/mol. The average Bonchev–Trinajstić information content (AvgIpc) is 2.81. The van der Waals surface area contributed by atoms with Gasteiger partial charge < -0.3 is 4.90 Å². The first-order valence-corrected chi connectivity index (χ1v) is 6.47. The zero-order valence-electron chi connectivity index (χ0n) is 10.1. The fourth-order valence-electron chi connectivity index (χ4n) is 1.78. The molecule has 2 aliphatic heterocycles. The largest absolute Gasteiger partial charge is 0.328 e. The summed E-state index contributed by atoms with van der Waals surface area (Å²) in [6.07, 6.45) is 0. The lowest BCUT2D eigenvalue weighted by Gasteiger charge is -2.35. The molecule has 0 aliphatic carbocycles. The van der Waals surface area contributed by atoms with E-state index in [4.69, 9.17) is 0 Å². The lowest BCUT2D eigenvalue weighted by atomic mass is 9.98. The Morgan fingerprint density at radius 3 is 2.53 bits per heavy atom. The van der Waals surface area contributed by atoms with Gasteiger partial charge in [-0.2, -0.15) is 10.2 Å². The van der Waals surface area contributed by atoms with Crippen molar-refractivity contribution in [2.45, 2.75) is 31.8 Å². The number of thiazole rings is 1. The molecular formula is C11H14N4OS. The van der Waals surface area contributed by atoms with Gasteiger partial charge in [0.05, 0.1) is 18.1 Å². The molecule has 0 aromatic carbocycles. The van der Waals surface area contributed by atoms with Crippen LogP contribution >= 0.6 is 11.3 Å². The predicted molar refractivity (Wildman–Crippen MR) is 64.3 cm³/mol. The molecule has 1 aromatic rings. The topological polar surface area (TPSA) is 57.9 Å². The molecule has 1 saturated heterocycles. The second-order valence-corrected chi connectivity index (χ2v) is 6.49. The van der Waals surface area contributed by atoms with Crippen LogP contribution in [0.15, 0.2) is 15.6 Å². The van der Waals surface area contributed by atoms with E-state index in [0.717, 1.165) is 5.01 Å². The first-order chi connectivity index (χ1) is 7.90. The van der Waals surface area contributed by atoms with Gasteiger partial charge in [0.2, 0.25) is 5.66 Å². The van der Waals surface area contributed by atoms with Gasteiger partial charge >= 0.3 is 0 Å². The van der Waals surface area contributed by atoms with Crippen molar-refractivity contribution in [3.63, 3.8) is 0 Å². The number of hydrogen-bond donors (Lipinski definition) is 0. The number of carbonyl (C=O) groups is 1. The Morgan fingerprint density at radius 2 is 2.06 bits per heavy atom. The van der Waals surface area contributed by atoms with Crippen LogP contribution in [0.25, 0.3) is 0 Å². The molecule has 0 atom stereocenters. The van der Waals surface area contributed by atoms with Gasteiger partial charge in [0.1, 0.15) is 5.69 Å². The number of carbonyl (C=O) groups excluding carboxylic acids is 1. The van der Waals surface area contributed by atoms with Crippen molar-refractivity contribution in [1.29, 1.82) is 0 Å². The minimum Gasteiger partial charge on any atom is -0.328 e. The van der Waals surface area contributed by atoms with E-state index in [1.807, 2.05) is 5.38 Å². The van der Waals surface area contributed by atoms with Crippen molar-refractivity contribution in [3.8, 4) is 0 Å². The second kappa shape index (κ2) is 3.13. The third-order valence-corrected chi connectivity index (χ3v) is 4.19.